The van der Waals surface area contributed by atoms with Crippen LogP contribution in [-0.4, -0.2) is 15.8 Å². The number of nitrogens with zero attached hydrogens (tertiary/aromatic N) is 1. The molecule has 27 heavy (non-hydrogen) atoms. The van der Waals surface area contributed by atoms with Gasteiger partial charge < -0.3 is 10.6 Å². The Morgan fingerprint density at radius 1 is 1.22 bits per heavy atom. The van der Waals surface area contributed by atoms with E-state index in [1.54, 1.807) is 6.07 Å². The minimum Gasteiger partial charge on any atom is -0.384 e. The molecule has 2 aromatic rings. The quantitative estimate of drug-likeness (QED) is 0.592. The molecular weight excluding hydrogens is 361 g/mol. The number of anilines is 1. The summed E-state index contributed by atoms with van der Waals surface area (Å²) < 4.78 is 13.3. The standard InChI is InChI=1S/C21H22FN3OS/c1-21(2)11-16(24-13-14-8-9-23-18(22)10-14)19(17(26)12-21)20(27)25-15-6-4-3-5-7-15/h3-10,24H,11-13H2,1-2H3,(H,25,27). The van der Waals surface area contributed by atoms with E-state index in [-0.39, 0.29) is 11.2 Å². The summed E-state index contributed by atoms with van der Waals surface area (Å²) in [4.78, 5) is 16.8. The molecule has 0 amide bonds. The number of para-hydroxylation sites is 1. The molecule has 1 heterocycles. The summed E-state index contributed by atoms with van der Waals surface area (Å²) in [5, 5.41) is 6.45. The molecule has 3 rings (SSSR count). The lowest BCUT2D eigenvalue weighted by Crippen LogP contribution is -2.35. The minimum atomic E-state index is -0.523. The van der Waals surface area contributed by atoms with Crippen LogP contribution in [0.15, 0.2) is 59.9 Å². The minimum absolute atomic E-state index is 0.0168. The number of hydrogen-bond acceptors (Lipinski definition) is 4. The van der Waals surface area contributed by atoms with Crippen LogP contribution in [0.1, 0.15) is 32.3 Å². The number of ketones is 1. The molecule has 1 aromatic heterocycles. The molecule has 4 nitrogen and oxygen atoms in total. The number of rotatable bonds is 5. The van der Waals surface area contributed by atoms with Gasteiger partial charge in [-0.25, -0.2) is 4.98 Å². The van der Waals surface area contributed by atoms with Crippen molar-refractivity contribution in [2.45, 2.75) is 33.2 Å². The molecular formula is C21H22FN3OS. The third-order valence-corrected chi connectivity index (χ3v) is 4.74. The van der Waals surface area contributed by atoms with Crippen molar-refractivity contribution >= 4 is 28.7 Å². The molecule has 0 saturated carbocycles. The van der Waals surface area contributed by atoms with E-state index >= 15 is 0 Å². The first-order chi connectivity index (χ1) is 12.8. The van der Waals surface area contributed by atoms with Crippen molar-refractivity contribution in [2.24, 2.45) is 5.41 Å². The van der Waals surface area contributed by atoms with Crippen LogP contribution in [0.5, 0.6) is 0 Å². The number of thiocarbonyl (C=S) groups is 1. The molecule has 0 spiro atoms. The summed E-state index contributed by atoms with van der Waals surface area (Å²) in [6.45, 7) is 4.52. The van der Waals surface area contributed by atoms with Gasteiger partial charge in [-0.05, 0) is 41.7 Å². The molecule has 1 aliphatic rings. The topological polar surface area (TPSA) is 54.0 Å². The fraction of sp³-hybridized carbons (Fsp3) is 0.286. The molecule has 1 aliphatic carbocycles. The van der Waals surface area contributed by atoms with Gasteiger partial charge in [0.1, 0.15) is 4.99 Å². The van der Waals surface area contributed by atoms with Crippen LogP contribution in [0.2, 0.25) is 0 Å². The number of nitrogens with one attached hydrogen (secondary N) is 2. The molecule has 0 bridgehead atoms. The molecule has 6 heteroatoms. The summed E-state index contributed by atoms with van der Waals surface area (Å²) in [7, 11) is 0. The first-order valence-corrected chi connectivity index (χ1v) is 9.22. The van der Waals surface area contributed by atoms with Crippen molar-refractivity contribution in [3.63, 3.8) is 0 Å². The highest BCUT2D eigenvalue weighted by Gasteiger charge is 2.34. The van der Waals surface area contributed by atoms with Crippen molar-refractivity contribution in [3.8, 4) is 0 Å². The Hall–Kier alpha value is -2.60. The summed E-state index contributed by atoms with van der Waals surface area (Å²) in [6, 6.07) is 12.7. The van der Waals surface area contributed by atoms with E-state index in [9.17, 15) is 9.18 Å². The van der Waals surface area contributed by atoms with Gasteiger partial charge >= 0.3 is 0 Å². The largest absolute Gasteiger partial charge is 0.384 e. The third-order valence-electron chi connectivity index (χ3n) is 4.43. The van der Waals surface area contributed by atoms with Gasteiger partial charge in [-0.2, -0.15) is 4.39 Å². The van der Waals surface area contributed by atoms with Gasteiger partial charge in [0.05, 0.1) is 5.57 Å². The predicted octanol–water partition coefficient (Wildman–Crippen LogP) is 4.39. The van der Waals surface area contributed by atoms with Crippen LogP contribution < -0.4 is 10.6 Å². The maximum atomic E-state index is 13.3. The third kappa shape index (κ3) is 4.98. The average molecular weight is 383 g/mol. The van der Waals surface area contributed by atoms with Crippen molar-refractivity contribution < 1.29 is 9.18 Å². The smallest absolute Gasteiger partial charge is 0.213 e. The fourth-order valence-electron chi connectivity index (χ4n) is 3.21. The number of carbonyl (C=O) groups is 1. The number of Topliss-reactive ketones (excluding diaryl/α,β-unsaturated/α-hetero) is 1. The van der Waals surface area contributed by atoms with Gasteiger partial charge in [0, 0.05) is 30.5 Å². The number of aromatic nitrogens is 1. The maximum absolute atomic E-state index is 13.3. The average Bonchev–Trinajstić information content (AvgIpc) is 2.59. The van der Waals surface area contributed by atoms with Gasteiger partial charge in [0.2, 0.25) is 5.95 Å². The number of hydrogen-bond donors (Lipinski definition) is 2. The molecule has 0 unspecified atom stereocenters. The molecule has 2 N–H and O–H groups in total. The molecule has 0 fully saturated rings. The van der Waals surface area contributed by atoms with Crippen LogP contribution >= 0.6 is 12.2 Å². The van der Waals surface area contributed by atoms with Gasteiger partial charge in [0.15, 0.2) is 5.78 Å². The van der Waals surface area contributed by atoms with Crippen LogP contribution in [0.25, 0.3) is 0 Å². The Balaban J connectivity index is 1.86. The normalized spacial score (nSPS) is 16.2. The first-order valence-electron chi connectivity index (χ1n) is 8.81. The molecule has 0 aliphatic heterocycles. The van der Waals surface area contributed by atoms with Gasteiger partial charge in [-0.1, -0.05) is 44.3 Å². The van der Waals surface area contributed by atoms with Crippen LogP contribution in [-0.2, 0) is 11.3 Å². The van der Waals surface area contributed by atoms with Crippen LogP contribution in [0, 0.1) is 11.4 Å². The highest BCUT2D eigenvalue weighted by atomic mass is 32.1. The fourth-order valence-corrected chi connectivity index (χ4v) is 3.57. The van der Waals surface area contributed by atoms with Gasteiger partial charge in [-0.3, -0.25) is 4.79 Å². The zero-order valence-electron chi connectivity index (χ0n) is 15.4. The van der Waals surface area contributed by atoms with E-state index in [2.05, 4.69) is 29.5 Å². The Morgan fingerprint density at radius 3 is 2.67 bits per heavy atom. The second-order valence-corrected chi connectivity index (χ2v) is 7.86. The Morgan fingerprint density at radius 2 is 1.96 bits per heavy atom. The maximum Gasteiger partial charge on any atom is 0.213 e. The Kier molecular flexibility index (Phi) is 5.65. The lowest BCUT2D eigenvalue weighted by atomic mass is 9.75. The number of pyridine rings is 1. The van der Waals surface area contributed by atoms with E-state index in [1.807, 2.05) is 30.3 Å². The predicted molar refractivity (Wildman–Crippen MR) is 109 cm³/mol. The summed E-state index contributed by atoms with van der Waals surface area (Å²) >= 11 is 5.54. The number of halogens is 1. The molecule has 1 aromatic carbocycles. The van der Waals surface area contributed by atoms with Gasteiger partial charge in [0.25, 0.3) is 0 Å². The van der Waals surface area contributed by atoms with Crippen molar-refractivity contribution in [3.05, 3.63) is 71.4 Å². The highest BCUT2D eigenvalue weighted by Crippen LogP contribution is 2.36. The van der Waals surface area contributed by atoms with E-state index < -0.39 is 5.95 Å². The van der Waals surface area contributed by atoms with E-state index in [0.29, 0.717) is 29.9 Å². The van der Waals surface area contributed by atoms with Crippen molar-refractivity contribution in [1.29, 1.82) is 0 Å². The summed E-state index contributed by atoms with van der Waals surface area (Å²) in [5.41, 5.74) is 2.74. The number of benzene rings is 1. The zero-order valence-corrected chi connectivity index (χ0v) is 16.2. The second kappa shape index (κ2) is 7.96. The van der Waals surface area contributed by atoms with Gasteiger partial charge in [-0.15, -0.1) is 0 Å². The molecule has 0 atom stereocenters. The van der Waals surface area contributed by atoms with E-state index in [0.717, 1.165) is 16.9 Å². The number of allylic oxidation sites excluding steroid dienone is 1. The zero-order chi connectivity index (χ0) is 19.4. The van der Waals surface area contributed by atoms with E-state index in [4.69, 9.17) is 12.2 Å². The monoisotopic (exact) mass is 383 g/mol. The van der Waals surface area contributed by atoms with Crippen molar-refractivity contribution in [2.75, 3.05) is 5.32 Å². The first kappa shape index (κ1) is 19.2. The Labute approximate surface area is 163 Å². The lowest BCUT2D eigenvalue weighted by molar-refractivity contribution is -0.117. The van der Waals surface area contributed by atoms with E-state index in [1.165, 1.54) is 12.3 Å². The molecule has 0 radical (unpaired) electrons. The number of carbonyl (C=O) groups excluding carboxylic acids is 1. The highest BCUT2D eigenvalue weighted by molar-refractivity contribution is 7.81. The second-order valence-electron chi connectivity index (χ2n) is 7.46. The molecule has 140 valence electrons. The Bertz CT molecular complexity index is 893. The molecule has 0 saturated heterocycles. The van der Waals surface area contributed by atoms with Crippen molar-refractivity contribution in [1.82, 2.24) is 10.3 Å². The summed E-state index contributed by atoms with van der Waals surface area (Å²) in [6.07, 6.45) is 2.56. The lowest BCUT2D eigenvalue weighted by Gasteiger charge is -2.33. The SMILES string of the molecule is CC1(C)CC(=O)C(C(=S)Nc2ccccc2)=C(NCc2ccnc(F)c2)C1. The van der Waals surface area contributed by atoms with Crippen LogP contribution in [0.4, 0.5) is 10.1 Å². The summed E-state index contributed by atoms with van der Waals surface area (Å²) in [5.74, 6) is -0.507. The van der Waals surface area contributed by atoms with Crippen LogP contribution in [0.3, 0.4) is 0 Å².